The van der Waals surface area contributed by atoms with Crippen molar-refractivity contribution in [1.29, 1.82) is 0 Å². The number of anilines is 1. The van der Waals surface area contributed by atoms with E-state index in [4.69, 9.17) is 9.15 Å². The molecule has 0 saturated heterocycles. The van der Waals surface area contributed by atoms with Crippen LogP contribution in [0.1, 0.15) is 20.9 Å². The van der Waals surface area contributed by atoms with E-state index in [0.29, 0.717) is 33.8 Å². The average molecular weight is 436 g/mol. The molecular weight excluding hydrogens is 416 g/mol. The van der Waals surface area contributed by atoms with Crippen molar-refractivity contribution >= 4 is 41.2 Å². The first-order valence-corrected chi connectivity index (χ1v) is 9.82. The summed E-state index contributed by atoms with van der Waals surface area (Å²) >= 11 is 4.28. The van der Waals surface area contributed by atoms with E-state index in [1.165, 1.54) is 4.90 Å². The molecule has 2 aromatic heterocycles. The van der Waals surface area contributed by atoms with Gasteiger partial charge in [0.25, 0.3) is 11.8 Å². The van der Waals surface area contributed by atoms with Crippen molar-refractivity contribution in [2.75, 3.05) is 19.4 Å². The topological polar surface area (TPSA) is 89.6 Å². The zero-order valence-corrected chi connectivity index (χ0v) is 18.0. The van der Waals surface area contributed by atoms with Gasteiger partial charge in [-0.1, -0.05) is 0 Å². The van der Waals surface area contributed by atoms with E-state index in [2.05, 4.69) is 23.0 Å². The molecule has 158 valence electrons. The molecule has 0 bridgehead atoms. The molecule has 1 N–H and O–H groups in total. The van der Waals surface area contributed by atoms with E-state index in [9.17, 15) is 9.59 Å². The van der Waals surface area contributed by atoms with Crippen LogP contribution in [0.2, 0.25) is 0 Å². The SMILES string of the molecule is CN(C)C(=O)c1cc2c(Oc3ccc(S)cc3)cc(C(=O)Nc3ccn(C)n3)cc2o1. The fourth-order valence-corrected chi connectivity index (χ4v) is 3.11. The van der Waals surface area contributed by atoms with E-state index < -0.39 is 0 Å². The minimum absolute atomic E-state index is 0.151. The van der Waals surface area contributed by atoms with Gasteiger partial charge in [-0.15, -0.1) is 12.6 Å². The Kier molecular flexibility index (Phi) is 5.43. The van der Waals surface area contributed by atoms with Gasteiger partial charge in [0, 0.05) is 49.9 Å². The van der Waals surface area contributed by atoms with Gasteiger partial charge >= 0.3 is 0 Å². The molecule has 0 aliphatic heterocycles. The highest BCUT2D eigenvalue weighted by molar-refractivity contribution is 7.80. The number of hydrogen-bond donors (Lipinski definition) is 2. The number of thiol groups is 1. The maximum Gasteiger partial charge on any atom is 0.289 e. The number of rotatable bonds is 5. The molecule has 31 heavy (non-hydrogen) atoms. The Labute approximate surface area is 183 Å². The van der Waals surface area contributed by atoms with E-state index >= 15 is 0 Å². The van der Waals surface area contributed by atoms with Crippen molar-refractivity contribution in [2.24, 2.45) is 7.05 Å². The lowest BCUT2D eigenvalue weighted by atomic mass is 10.1. The number of aryl methyl sites for hydroxylation is 1. The highest BCUT2D eigenvalue weighted by Gasteiger charge is 2.20. The number of carbonyl (C=O) groups excluding carboxylic acids is 2. The maximum absolute atomic E-state index is 12.8. The lowest BCUT2D eigenvalue weighted by molar-refractivity contribution is 0.0799. The molecule has 8 nitrogen and oxygen atoms in total. The molecule has 9 heteroatoms. The quantitative estimate of drug-likeness (QED) is 0.458. The summed E-state index contributed by atoms with van der Waals surface area (Å²) in [5.74, 6) is 0.842. The van der Waals surface area contributed by atoms with Crippen LogP contribution in [0.25, 0.3) is 11.0 Å². The fraction of sp³-hybridized carbons (Fsp3) is 0.136. The summed E-state index contributed by atoms with van der Waals surface area (Å²) in [5.41, 5.74) is 0.664. The van der Waals surface area contributed by atoms with Crippen molar-refractivity contribution < 1.29 is 18.7 Å². The molecule has 4 aromatic rings. The predicted molar refractivity (Wildman–Crippen MR) is 119 cm³/mol. The van der Waals surface area contributed by atoms with Gasteiger partial charge < -0.3 is 19.4 Å². The lowest BCUT2D eigenvalue weighted by Crippen LogP contribution is -2.20. The molecule has 0 spiro atoms. The summed E-state index contributed by atoms with van der Waals surface area (Å²) < 4.78 is 13.4. The predicted octanol–water partition coefficient (Wildman–Crippen LogP) is 4.20. The Morgan fingerprint density at radius 3 is 2.52 bits per heavy atom. The number of benzene rings is 2. The van der Waals surface area contributed by atoms with Crippen LogP contribution < -0.4 is 10.1 Å². The third kappa shape index (κ3) is 4.41. The van der Waals surface area contributed by atoms with Gasteiger partial charge in [-0.25, -0.2) is 0 Å². The van der Waals surface area contributed by atoms with E-state index in [1.807, 2.05) is 0 Å². The molecule has 4 rings (SSSR count). The van der Waals surface area contributed by atoms with Crippen molar-refractivity contribution in [3.63, 3.8) is 0 Å². The Balaban J connectivity index is 1.76. The Morgan fingerprint density at radius 1 is 1.13 bits per heavy atom. The third-order valence-corrected chi connectivity index (χ3v) is 4.80. The van der Waals surface area contributed by atoms with Crippen LogP contribution in [0.3, 0.4) is 0 Å². The van der Waals surface area contributed by atoms with Gasteiger partial charge in [0.15, 0.2) is 11.6 Å². The Morgan fingerprint density at radius 2 is 1.87 bits per heavy atom. The first kappa shape index (κ1) is 20.5. The van der Waals surface area contributed by atoms with E-state index in [0.717, 1.165) is 4.90 Å². The second-order valence-electron chi connectivity index (χ2n) is 7.12. The molecule has 2 aromatic carbocycles. The number of nitrogens with zero attached hydrogens (tertiary/aromatic N) is 3. The largest absolute Gasteiger partial charge is 0.457 e. The summed E-state index contributed by atoms with van der Waals surface area (Å²) in [5, 5.41) is 7.47. The average Bonchev–Trinajstić information content (AvgIpc) is 3.35. The van der Waals surface area contributed by atoms with Crippen molar-refractivity contribution in [3.05, 3.63) is 66.1 Å². The fourth-order valence-electron chi connectivity index (χ4n) is 2.96. The summed E-state index contributed by atoms with van der Waals surface area (Å²) in [6.07, 6.45) is 1.73. The van der Waals surface area contributed by atoms with Gasteiger partial charge in [-0.2, -0.15) is 5.10 Å². The van der Waals surface area contributed by atoms with Gasteiger partial charge in [0.2, 0.25) is 0 Å². The van der Waals surface area contributed by atoms with E-state index in [1.54, 1.807) is 80.6 Å². The van der Waals surface area contributed by atoms with Crippen LogP contribution >= 0.6 is 12.6 Å². The van der Waals surface area contributed by atoms with Gasteiger partial charge in [-0.05, 0) is 36.4 Å². The molecule has 0 fully saturated rings. The number of furan rings is 1. The van der Waals surface area contributed by atoms with Crippen LogP contribution in [0.5, 0.6) is 11.5 Å². The molecule has 0 radical (unpaired) electrons. The van der Waals surface area contributed by atoms with Gasteiger partial charge in [-0.3, -0.25) is 14.3 Å². The number of amides is 2. The normalized spacial score (nSPS) is 10.8. The number of carbonyl (C=O) groups is 2. The van der Waals surface area contributed by atoms with Crippen LogP contribution in [0, 0.1) is 0 Å². The zero-order valence-electron chi connectivity index (χ0n) is 17.1. The number of nitrogens with one attached hydrogen (secondary N) is 1. The number of ether oxygens (including phenoxy) is 1. The molecule has 0 saturated carbocycles. The third-order valence-electron chi connectivity index (χ3n) is 4.50. The van der Waals surface area contributed by atoms with Crippen molar-refractivity contribution in [1.82, 2.24) is 14.7 Å². The zero-order chi connectivity index (χ0) is 22.1. The van der Waals surface area contributed by atoms with Gasteiger partial charge in [0.1, 0.15) is 17.1 Å². The smallest absolute Gasteiger partial charge is 0.289 e. The summed E-state index contributed by atoms with van der Waals surface area (Å²) in [4.78, 5) is 27.4. The van der Waals surface area contributed by atoms with E-state index in [-0.39, 0.29) is 17.6 Å². The minimum atomic E-state index is -0.381. The van der Waals surface area contributed by atoms with Crippen LogP contribution in [0.4, 0.5) is 5.82 Å². The van der Waals surface area contributed by atoms with Crippen LogP contribution in [-0.2, 0) is 7.05 Å². The number of fused-ring (bicyclic) bond motifs is 1. The summed E-state index contributed by atoms with van der Waals surface area (Å²) in [6.45, 7) is 0. The van der Waals surface area contributed by atoms with Crippen LogP contribution in [-0.4, -0.2) is 40.6 Å². The molecule has 0 unspecified atom stereocenters. The Hall–Kier alpha value is -3.72. The lowest BCUT2D eigenvalue weighted by Gasteiger charge is -2.09. The molecule has 0 aliphatic rings. The maximum atomic E-state index is 12.8. The first-order chi connectivity index (χ1) is 14.8. The summed E-state index contributed by atoms with van der Waals surface area (Å²) in [7, 11) is 5.03. The van der Waals surface area contributed by atoms with Gasteiger partial charge in [0.05, 0.1) is 5.39 Å². The Bertz CT molecular complexity index is 1270. The van der Waals surface area contributed by atoms with Crippen molar-refractivity contribution in [3.8, 4) is 11.5 Å². The molecule has 2 heterocycles. The highest BCUT2D eigenvalue weighted by atomic mass is 32.1. The number of aromatic nitrogens is 2. The molecular formula is C22H20N4O4S. The standard InChI is InChI=1S/C22H20N4O4S/c1-25(2)22(28)19-12-16-17(29-14-4-6-15(31)7-5-14)10-13(11-18(16)30-19)21(27)23-20-8-9-26(3)24-20/h4-12,31H,1-3H3,(H,23,24,27). The monoisotopic (exact) mass is 436 g/mol. The molecule has 2 amide bonds. The molecule has 0 atom stereocenters. The van der Waals surface area contributed by atoms with Crippen molar-refractivity contribution in [2.45, 2.75) is 4.90 Å². The summed E-state index contributed by atoms with van der Waals surface area (Å²) in [6, 6.07) is 13.6. The second kappa shape index (κ2) is 8.19. The first-order valence-electron chi connectivity index (χ1n) is 9.37. The minimum Gasteiger partial charge on any atom is -0.457 e. The highest BCUT2D eigenvalue weighted by Crippen LogP contribution is 2.34. The molecule has 0 aliphatic carbocycles. The van der Waals surface area contributed by atoms with Crippen LogP contribution in [0.15, 0.2) is 64.0 Å². The second-order valence-corrected chi connectivity index (χ2v) is 7.64. The number of hydrogen-bond acceptors (Lipinski definition) is 6.